The van der Waals surface area contributed by atoms with E-state index in [2.05, 4.69) is 0 Å². The van der Waals surface area contributed by atoms with Crippen molar-refractivity contribution in [1.82, 2.24) is 0 Å². The van der Waals surface area contributed by atoms with E-state index in [1.54, 1.807) is 7.11 Å². The van der Waals surface area contributed by atoms with Gasteiger partial charge >= 0.3 is 0 Å². The van der Waals surface area contributed by atoms with Crippen LogP contribution >= 0.6 is 0 Å². The maximum atomic E-state index is 9.90. The van der Waals surface area contributed by atoms with Gasteiger partial charge in [0.05, 0.1) is 7.11 Å². The van der Waals surface area contributed by atoms with Gasteiger partial charge in [0, 0.05) is 5.56 Å². The van der Waals surface area contributed by atoms with Gasteiger partial charge in [-0.05, 0) is 30.5 Å². The van der Waals surface area contributed by atoms with Crippen LogP contribution in [-0.4, -0.2) is 12.2 Å². The zero-order valence-corrected chi connectivity index (χ0v) is 9.74. The van der Waals surface area contributed by atoms with Crippen LogP contribution in [0.1, 0.15) is 37.8 Å². The molecule has 1 rings (SSSR count). The highest BCUT2D eigenvalue weighted by Gasteiger charge is 2.12. The summed E-state index contributed by atoms with van der Waals surface area (Å²) in [6.45, 7) is 6.07. The normalized spacial score (nSPS) is 11.3. The van der Waals surface area contributed by atoms with Crippen LogP contribution in [0.4, 0.5) is 0 Å². The van der Waals surface area contributed by atoms with E-state index in [1.807, 2.05) is 45.1 Å². The van der Waals surface area contributed by atoms with Gasteiger partial charge in [0.1, 0.15) is 0 Å². The number of methoxy groups -OCH3 is 1. The first-order valence-corrected chi connectivity index (χ1v) is 5.13. The van der Waals surface area contributed by atoms with Crippen molar-refractivity contribution in [3.05, 3.63) is 29.3 Å². The lowest BCUT2D eigenvalue weighted by Crippen LogP contribution is -1.93. The minimum atomic E-state index is 0.251. The second kappa shape index (κ2) is 4.87. The summed E-state index contributed by atoms with van der Waals surface area (Å²) in [6.07, 6.45) is 3.96. The molecule has 0 saturated carbocycles. The molecular formula is C13H18O2. The monoisotopic (exact) mass is 206 g/mol. The largest absolute Gasteiger partial charge is 0.504 e. The maximum Gasteiger partial charge on any atom is 0.161 e. The van der Waals surface area contributed by atoms with Crippen molar-refractivity contribution >= 4 is 6.08 Å². The summed E-state index contributed by atoms with van der Waals surface area (Å²) in [5.41, 5.74) is 1.97. The molecule has 1 aromatic carbocycles. The third-order valence-corrected chi connectivity index (χ3v) is 2.33. The van der Waals surface area contributed by atoms with Gasteiger partial charge in [-0.2, -0.15) is 0 Å². The van der Waals surface area contributed by atoms with Gasteiger partial charge in [-0.15, -0.1) is 0 Å². The molecule has 2 nitrogen and oxygen atoms in total. The van der Waals surface area contributed by atoms with Crippen molar-refractivity contribution in [2.45, 2.75) is 26.7 Å². The van der Waals surface area contributed by atoms with Crippen molar-refractivity contribution < 1.29 is 9.84 Å². The van der Waals surface area contributed by atoms with E-state index in [0.29, 0.717) is 5.75 Å². The van der Waals surface area contributed by atoms with Crippen molar-refractivity contribution in [2.24, 2.45) is 0 Å². The van der Waals surface area contributed by atoms with Crippen LogP contribution in [0.25, 0.3) is 6.08 Å². The van der Waals surface area contributed by atoms with Crippen LogP contribution in [0.3, 0.4) is 0 Å². The Hall–Kier alpha value is -1.44. The Kier molecular flexibility index (Phi) is 3.78. The van der Waals surface area contributed by atoms with Gasteiger partial charge in [0.2, 0.25) is 0 Å². The fourth-order valence-corrected chi connectivity index (χ4v) is 1.54. The molecule has 0 aliphatic heterocycles. The molecule has 0 bridgehead atoms. The third kappa shape index (κ3) is 2.52. The Balaban J connectivity index is 3.31. The van der Waals surface area contributed by atoms with Crippen LogP contribution in [0, 0.1) is 0 Å². The van der Waals surface area contributed by atoms with E-state index in [4.69, 9.17) is 4.74 Å². The Labute approximate surface area is 91.2 Å². The molecule has 0 atom stereocenters. The molecular weight excluding hydrogens is 188 g/mol. The highest BCUT2D eigenvalue weighted by molar-refractivity contribution is 5.59. The molecule has 0 spiro atoms. The lowest BCUT2D eigenvalue weighted by molar-refractivity contribution is 0.369. The predicted molar refractivity (Wildman–Crippen MR) is 63.5 cm³/mol. The topological polar surface area (TPSA) is 29.5 Å². The fraction of sp³-hybridized carbons (Fsp3) is 0.385. The molecule has 2 heteroatoms. The average Bonchev–Trinajstić information content (AvgIpc) is 2.20. The highest BCUT2D eigenvalue weighted by atomic mass is 16.5. The number of benzene rings is 1. The molecule has 0 unspecified atom stereocenters. The van der Waals surface area contributed by atoms with Gasteiger partial charge < -0.3 is 9.84 Å². The molecule has 0 aliphatic carbocycles. The van der Waals surface area contributed by atoms with Crippen LogP contribution < -0.4 is 4.74 Å². The van der Waals surface area contributed by atoms with Crippen LogP contribution in [0.5, 0.6) is 11.5 Å². The van der Waals surface area contributed by atoms with Crippen LogP contribution in [-0.2, 0) is 0 Å². The minimum Gasteiger partial charge on any atom is -0.504 e. The van der Waals surface area contributed by atoms with Crippen molar-refractivity contribution in [1.29, 1.82) is 0 Å². The van der Waals surface area contributed by atoms with E-state index in [0.717, 1.165) is 11.1 Å². The molecule has 0 saturated heterocycles. The maximum absolute atomic E-state index is 9.90. The number of hydrogen-bond donors (Lipinski definition) is 1. The lowest BCUT2D eigenvalue weighted by Gasteiger charge is -2.13. The molecule has 1 aromatic rings. The van der Waals surface area contributed by atoms with Gasteiger partial charge in [-0.1, -0.05) is 26.0 Å². The summed E-state index contributed by atoms with van der Waals surface area (Å²) in [4.78, 5) is 0. The molecule has 0 amide bonds. The van der Waals surface area contributed by atoms with E-state index in [1.165, 1.54) is 0 Å². The number of allylic oxidation sites excluding steroid dienone is 1. The summed E-state index contributed by atoms with van der Waals surface area (Å²) in [5.74, 6) is 1.07. The summed E-state index contributed by atoms with van der Waals surface area (Å²) in [7, 11) is 1.57. The third-order valence-electron chi connectivity index (χ3n) is 2.33. The van der Waals surface area contributed by atoms with E-state index in [-0.39, 0.29) is 11.7 Å². The minimum absolute atomic E-state index is 0.251. The lowest BCUT2D eigenvalue weighted by atomic mass is 9.98. The van der Waals surface area contributed by atoms with Gasteiger partial charge in [0.15, 0.2) is 11.5 Å². The number of rotatable bonds is 3. The molecule has 82 valence electrons. The quantitative estimate of drug-likeness (QED) is 0.819. The number of phenols is 1. The Morgan fingerprint density at radius 2 is 2.00 bits per heavy atom. The highest BCUT2D eigenvalue weighted by Crippen LogP contribution is 2.36. The molecule has 0 radical (unpaired) electrons. The second-order valence-corrected chi connectivity index (χ2v) is 3.82. The predicted octanol–water partition coefficient (Wildman–Crippen LogP) is 3.56. The van der Waals surface area contributed by atoms with Crippen LogP contribution in [0.15, 0.2) is 18.2 Å². The number of ether oxygens (including phenoxy) is 1. The zero-order valence-electron chi connectivity index (χ0n) is 9.74. The summed E-state index contributed by atoms with van der Waals surface area (Å²) >= 11 is 0. The van der Waals surface area contributed by atoms with E-state index < -0.39 is 0 Å². The van der Waals surface area contributed by atoms with Crippen molar-refractivity contribution in [3.8, 4) is 11.5 Å². The van der Waals surface area contributed by atoms with Crippen molar-refractivity contribution in [2.75, 3.05) is 7.11 Å². The fourth-order valence-electron chi connectivity index (χ4n) is 1.54. The number of aromatic hydroxyl groups is 1. The first-order chi connectivity index (χ1) is 7.10. The van der Waals surface area contributed by atoms with Crippen molar-refractivity contribution in [3.63, 3.8) is 0 Å². The first kappa shape index (κ1) is 11.6. The van der Waals surface area contributed by atoms with Crippen LogP contribution in [0.2, 0.25) is 0 Å². The standard InChI is InChI=1S/C13H18O2/c1-5-6-10-7-11(9(2)3)13(14)12(8-10)15-4/h5-9,14H,1-4H3. The van der Waals surface area contributed by atoms with E-state index in [9.17, 15) is 5.11 Å². The van der Waals surface area contributed by atoms with E-state index >= 15 is 0 Å². The van der Waals surface area contributed by atoms with Gasteiger partial charge in [0.25, 0.3) is 0 Å². The Bertz CT molecular complexity index is 365. The zero-order chi connectivity index (χ0) is 11.4. The molecule has 0 aliphatic rings. The molecule has 1 N–H and O–H groups in total. The summed E-state index contributed by atoms with van der Waals surface area (Å²) in [5, 5.41) is 9.90. The Morgan fingerprint density at radius 1 is 1.33 bits per heavy atom. The molecule has 0 fully saturated rings. The molecule has 15 heavy (non-hydrogen) atoms. The van der Waals surface area contributed by atoms with Gasteiger partial charge in [-0.3, -0.25) is 0 Å². The summed E-state index contributed by atoms with van der Waals surface area (Å²) < 4.78 is 5.14. The molecule has 0 heterocycles. The summed E-state index contributed by atoms with van der Waals surface area (Å²) in [6, 6.07) is 3.82. The average molecular weight is 206 g/mol. The second-order valence-electron chi connectivity index (χ2n) is 3.82. The number of phenolic OH excluding ortho intramolecular Hbond substituents is 1. The first-order valence-electron chi connectivity index (χ1n) is 5.13. The number of hydrogen-bond acceptors (Lipinski definition) is 2. The SMILES string of the molecule is CC=Cc1cc(OC)c(O)c(C(C)C)c1. The Morgan fingerprint density at radius 3 is 2.47 bits per heavy atom. The molecule has 0 aromatic heterocycles. The smallest absolute Gasteiger partial charge is 0.161 e. The van der Waals surface area contributed by atoms with Gasteiger partial charge in [-0.25, -0.2) is 0 Å².